The highest BCUT2D eigenvalue weighted by atomic mass is 32.2. The molecule has 1 atom stereocenters. The topological polar surface area (TPSA) is 119 Å². The molecule has 0 saturated heterocycles. The van der Waals surface area contributed by atoms with Gasteiger partial charge in [-0.25, -0.2) is 4.79 Å². The molecule has 0 aromatic heterocycles. The maximum absolute atomic E-state index is 13.5. The van der Waals surface area contributed by atoms with Gasteiger partial charge in [-0.15, -0.1) is 0 Å². The normalized spacial score (nSPS) is 15.1. The lowest BCUT2D eigenvalue weighted by molar-refractivity contribution is -0.347. The molecule has 17 heteroatoms. The van der Waals surface area contributed by atoms with Crippen LogP contribution in [0.15, 0.2) is 12.4 Å². The maximum Gasteiger partial charge on any atom is 0.466 e. The Morgan fingerprint density at radius 3 is 2.00 bits per heavy atom. The van der Waals surface area contributed by atoms with Crippen LogP contribution in [0.1, 0.15) is 32.6 Å². The van der Waals surface area contributed by atoms with Crippen LogP contribution in [0.2, 0.25) is 0 Å². The molecule has 0 aliphatic heterocycles. The van der Waals surface area contributed by atoms with Crippen LogP contribution in [-0.4, -0.2) is 61.1 Å². The fourth-order valence-electron chi connectivity index (χ4n) is 1.95. The molecule has 0 aliphatic rings. The van der Waals surface area contributed by atoms with Gasteiger partial charge in [0.1, 0.15) is 0 Å². The molecule has 32 heavy (non-hydrogen) atoms. The molecule has 0 aliphatic carbocycles. The van der Waals surface area contributed by atoms with Crippen molar-refractivity contribution in [1.29, 1.82) is 0 Å². The third-order valence-corrected chi connectivity index (χ3v) is 4.55. The van der Waals surface area contributed by atoms with Gasteiger partial charge >= 0.3 is 45.1 Å². The van der Waals surface area contributed by atoms with Crippen molar-refractivity contribution in [3.63, 3.8) is 0 Å². The maximum atomic E-state index is 13.5. The van der Waals surface area contributed by atoms with E-state index < -0.39 is 76.8 Å². The van der Waals surface area contributed by atoms with E-state index in [0.717, 1.165) is 0 Å². The van der Waals surface area contributed by atoms with Gasteiger partial charge in [-0.1, -0.05) is 13.5 Å². The number of nitrogens with one attached hydrogen (secondary N) is 1. The number of carbonyl (C=O) groups is 2. The lowest BCUT2D eigenvalue weighted by atomic mass is 10.1. The minimum atomic E-state index is -6.50. The van der Waals surface area contributed by atoms with Crippen LogP contribution < -0.4 is 5.32 Å². The summed E-state index contributed by atoms with van der Waals surface area (Å²) in [7, 11) is -6.50. The Bertz CT molecular complexity index is 800. The second-order valence-electron chi connectivity index (χ2n) is 6.17. The number of ether oxygens (including phenoxy) is 2. The number of unbranched alkanes of at least 4 members (excludes halogenated alkanes) is 1. The molecule has 0 saturated carbocycles. The Morgan fingerprint density at radius 2 is 1.59 bits per heavy atom. The van der Waals surface area contributed by atoms with Gasteiger partial charge in [-0.2, -0.15) is 43.5 Å². The molecule has 0 spiro atoms. The van der Waals surface area contributed by atoms with E-state index in [1.54, 1.807) is 5.32 Å². The minimum Gasteiger partial charge on any atom is -0.410 e. The fraction of sp³-hybridized carbons (Fsp3) is 0.733. The monoisotopic (exact) mass is 509 g/mol. The first kappa shape index (κ1) is 30.0. The van der Waals surface area contributed by atoms with E-state index in [1.165, 1.54) is 6.92 Å². The highest BCUT2D eigenvalue weighted by Crippen LogP contribution is 2.42. The molecule has 0 bridgehead atoms. The molecule has 0 heterocycles. The molecule has 0 fully saturated rings. The number of hydrogen-bond acceptors (Lipinski definition) is 6. The third kappa shape index (κ3) is 6.99. The van der Waals surface area contributed by atoms with Gasteiger partial charge in [-0.3, -0.25) is 9.35 Å². The number of carbonyl (C=O) groups excluding carboxylic acids is 2. The van der Waals surface area contributed by atoms with E-state index in [2.05, 4.69) is 16.1 Å². The summed E-state index contributed by atoms with van der Waals surface area (Å²) in [6.07, 6.45) is -9.62. The van der Waals surface area contributed by atoms with E-state index in [0.29, 0.717) is 0 Å². The molecular weight excluding hydrogens is 490 g/mol. The molecule has 8 nitrogen and oxygen atoms in total. The zero-order chi connectivity index (χ0) is 25.6. The molecule has 0 aromatic rings. The van der Waals surface area contributed by atoms with E-state index in [-0.39, 0.29) is 13.0 Å². The van der Waals surface area contributed by atoms with Gasteiger partial charge in [0.05, 0.1) is 6.61 Å². The quantitative estimate of drug-likeness (QED) is 0.0978. The van der Waals surface area contributed by atoms with Crippen molar-refractivity contribution in [2.75, 3.05) is 13.2 Å². The van der Waals surface area contributed by atoms with E-state index in [1.807, 2.05) is 0 Å². The van der Waals surface area contributed by atoms with Crippen LogP contribution in [0.25, 0.3) is 0 Å². The zero-order valence-corrected chi connectivity index (χ0v) is 17.1. The predicted octanol–water partition coefficient (Wildman–Crippen LogP) is 3.10. The molecule has 1 unspecified atom stereocenters. The summed E-state index contributed by atoms with van der Waals surface area (Å²) in [5.74, 6) is -16.2. The van der Waals surface area contributed by atoms with Crippen molar-refractivity contribution in [1.82, 2.24) is 5.32 Å². The lowest BCUT2D eigenvalue weighted by Crippen LogP contribution is -2.61. The summed E-state index contributed by atoms with van der Waals surface area (Å²) in [5.41, 5.74) is 0. The van der Waals surface area contributed by atoms with Crippen LogP contribution >= 0.6 is 0 Å². The van der Waals surface area contributed by atoms with Gasteiger partial charge in [0.2, 0.25) is 5.83 Å². The molecule has 0 radical (unpaired) electrons. The van der Waals surface area contributed by atoms with Gasteiger partial charge in [-0.05, 0) is 19.3 Å². The first-order valence-electron chi connectivity index (χ1n) is 8.56. The Balaban J connectivity index is 5.49. The van der Waals surface area contributed by atoms with E-state index >= 15 is 0 Å². The standard InChI is InChI=1S/C15H19F8NO7S/c1-3-7-24-11(26)13(14(19,20)21,31-10(25)9(2)16)30-8-5-4-6-12(17,18)15(22,23)32(27,28)29/h2-8H2,1H3,(H,24,26)(H,27,28,29). The summed E-state index contributed by atoms with van der Waals surface area (Å²) >= 11 is 0. The molecule has 188 valence electrons. The second kappa shape index (κ2) is 10.7. The Morgan fingerprint density at radius 1 is 1.06 bits per heavy atom. The number of esters is 1. The van der Waals surface area contributed by atoms with Crippen molar-refractivity contribution in [3.8, 4) is 0 Å². The number of halogens is 8. The first-order valence-corrected chi connectivity index (χ1v) is 10.00. The van der Waals surface area contributed by atoms with Crippen molar-refractivity contribution >= 4 is 22.0 Å². The Hall–Kier alpha value is -2.01. The van der Waals surface area contributed by atoms with Crippen LogP contribution in [0.4, 0.5) is 35.1 Å². The summed E-state index contributed by atoms with van der Waals surface area (Å²) in [5, 5.41) is -4.18. The van der Waals surface area contributed by atoms with Crippen molar-refractivity contribution in [3.05, 3.63) is 12.4 Å². The van der Waals surface area contributed by atoms with Crippen molar-refractivity contribution in [2.45, 2.75) is 55.7 Å². The van der Waals surface area contributed by atoms with Crippen LogP contribution in [0.5, 0.6) is 0 Å². The summed E-state index contributed by atoms with van der Waals surface area (Å²) in [6, 6.07) is 0. The van der Waals surface area contributed by atoms with Gasteiger partial charge in [0.25, 0.3) is 0 Å². The van der Waals surface area contributed by atoms with E-state index in [9.17, 15) is 53.1 Å². The molecular formula is C15H19F8NO7S. The van der Waals surface area contributed by atoms with Crippen molar-refractivity contribution in [2.24, 2.45) is 0 Å². The van der Waals surface area contributed by atoms with Crippen LogP contribution in [-0.2, 0) is 29.2 Å². The van der Waals surface area contributed by atoms with Gasteiger partial charge < -0.3 is 14.8 Å². The lowest BCUT2D eigenvalue weighted by Gasteiger charge is -2.33. The third-order valence-electron chi connectivity index (χ3n) is 3.61. The highest BCUT2D eigenvalue weighted by Gasteiger charge is 2.67. The molecule has 1 amide bonds. The smallest absolute Gasteiger partial charge is 0.410 e. The number of rotatable bonds is 13. The minimum absolute atomic E-state index is 0.112. The highest BCUT2D eigenvalue weighted by molar-refractivity contribution is 7.87. The predicted molar refractivity (Wildman–Crippen MR) is 89.7 cm³/mol. The summed E-state index contributed by atoms with van der Waals surface area (Å²) in [4.78, 5) is 23.3. The largest absolute Gasteiger partial charge is 0.466 e. The molecule has 2 N–H and O–H groups in total. The molecule has 0 rings (SSSR count). The summed E-state index contributed by atoms with van der Waals surface area (Å²) < 4.78 is 143. The first-order chi connectivity index (χ1) is 14.3. The second-order valence-corrected chi connectivity index (χ2v) is 7.63. The number of alkyl halides is 7. The van der Waals surface area contributed by atoms with Gasteiger partial charge in [0, 0.05) is 13.0 Å². The SMILES string of the molecule is C=C(F)C(=O)OC(OCCCCC(F)(F)C(F)(F)S(=O)(=O)O)(C(=O)NCCC)C(F)(F)F. The summed E-state index contributed by atoms with van der Waals surface area (Å²) in [6.45, 7) is 2.16. The Labute approximate surface area is 176 Å². The average molecular weight is 509 g/mol. The van der Waals surface area contributed by atoms with Crippen LogP contribution in [0.3, 0.4) is 0 Å². The zero-order valence-electron chi connectivity index (χ0n) is 16.3. The number of hydrogen-bond donors (Lipinski definition) is 2. The molecule has 0 aromatic carbocycles. The Kier molecular flexibility index (Phi) is 10.1. The van der Waals surface area contributed by atoms with Crippen LogP contribution in [0, 0.1) is 0 Å². The van der Waals surface area contributed by atoms with E-state index in [4.69, 9.17) is 4.55 Å². The fourth-order valence-corrected chi connectivity index (χ4v) is 2.43. The number of amides is 1. The van der Waals surface area contributed by atoms with Gasteiger partial charge in [0.15, 0.2) is 0 Å². The van der Waals surface area contributed by atoms with Crippen molar-refractivity contribution < 1.29 is 67.2 Å². The average Bonchev–Trinajstić information content (AvgIpc) is 2.62.